The van der Waals surface area contributed by atoms with Gasteiger partial charge in [-0.05, 0) is 47.2 Å². The maximum Gasteiger partial charge on any atom is 0.0562 e. The molecule has 0 saturated carbocycles. The molecule has 0 spiro atoms. The molecule has 5 aromatic carbocycles. The van der Waals surface area contributed by atoms with Gasteiger partial charge >= 0.3 is 0 Å². The van der Waals surface area contributed by atoms with Gasteiger partial charge < -0.3 is 9.55 Å². The van der Waals surface area contributed by atoms with Gasteiger partial charge in [0.05, 0.1) is 11.0 Å². The second kappa shape index (κ2) is 5.74. The Morgan fingerprint density at radius 1 is 0.467 bits per heavy atom. The van der Waals surface area contributed by atoms with Crippen molar-refractivity contribution in [2.45, 2.75) is 0 Å². The van der Waals surface area contributed by atoms with E-state index >= 15 is 0 Å². The molecule has 0 atom stereocenters. The Morgan fingerprint density at radius 3 is 2.17 bits per heavy atom. The first-order chi connectivity index (χ1) is 14.9. The Labute approximate surface area is 173 Å². The molecule has 0 aliphatic carbocycles. The second-order valence-corrected chi connectivity index (χ2v) is 7.97. The summed E-state index contributed by atoms with van der Waals surface area (Å²) >= 11 is 0. The minimum Gasteiger partial charge on any atom is -0.354 e. The van der Waals surface area contributed by atoms with E-state index in [2.05, 4.69) is 113 Å². The van der Waals surface area contributed by atoms with Crippen LogP contribution in [0.15, 0.2) is 103 Å². The third kappa shape index (κ3) is 2.08. The van der Waals surface area contributed by atoms with Crippen LogP contribution in [-0.2, 0) is 0 Å². The predicted molar refractivity (Wildman–Crippen MR) is 128 cm³/mol. The average molecular weight is 382 g/mol. The summed E-state index contributed by atoms with van der Waals surface area (Å²) in [6, 6.07) is 37.2. The third-order valence-corrected chi connectivity index (χ3v) is 6.29. The molecule has 0 radical (unpaired) electrons. The molecule has 0 bridgehead atoms. The quantitative estimate of drug-likeness (QED) is 0.302. The zero-order valence-electron chi connectivity index (χ0n) is 16.3. The highest BCUT2D eigenvalue weighted by Crippen LogP contribution is 2.37. The first kappa shape index (κ1) is 15.8. The minimum absolute atomic E-state index is 1.17. The summed E-state index contributed by atoms with van der Waals surface area (Å²) in [6.07, 6.45) is 0. The Kier molecular flexibility index (Phi) is 3.03. The van der Waals surface area contributed by atoms with Gasteiger partial charge in [-0.25, -0.2) is 0 Å². The van der Waals surface area contributed by atoms with Crippen molar-refractivity contribution in [3.8, 4) is 5.69 Å². The number of benzene rings is 5. The zero-order valence-corrected chi connectivity index (χ0v) is 16.3. The summed E-state index contributed by atoms with van der Waals surface area (Å²) < 4.78 is 2.39. The van der Waals surface area contributed by atoms with E-state index in [1.165, 1.54) is 60.1 Å². The number of H-pyrrole nitrogens is 1. The number of hydrogen-bond acceptors (Lipinski definition) is 0. The van der Waals surface area contributed by atoms with Gasteiger partial charge in [-0.15, -0.1) is 0 Å². The normalized spacial score (nSPS) is 12.0. The van der Waals surface area contributed by atoms with Crippen molar-refractivity contribution in [3.05, 3.63) is 103 Å². The van der Waals surface area contributed by atoms with Crippen LogP contribution in [0.1, 0.15) is 0 Å². The molecule has 7 rings (SSSR count). The molecule has 30 heavy (non-hydrogen) atoms. The monoisotopic (exact) mass is 382 g/mol. The van der Waals surface area contributed by atoms with Gasteiger partial charge in [-0.3, -0.25) is 0 Å². The van der Waals surface area contributed by atoms with Crippen molar-refractivity contribution < 1.29 is 0 Å². The van der Waals surface area contributed by atoms with E-state index in [4.69, 9.17) is 0 Å². The van der Waals surface area contributed by atoms with Crippen LogP contribution in [0.25, 0.3) is 60.1 Å². The first-order valence-electron chi connectivity index (χ1n) is 10.3. The third-order valence-electron chi connectivity index (χ3n) is 6.29. The largest absolute Gasteiger partial charge is 0.354 e. The van der Waals surface area contributed by atoms with Crippen LogP contribution < -0.4 is 0 Å². The molecule has 2 heterocycles. The molecular formula is C28H18N2. The van der Waals surface area contributed by atoms with Crippen molar-refractivity contribution in [2.24, 2.45) is 0 Å². The Hall–Kier alpha value is -4.04. The van der Waals surface area contributed by atoms with Crippen molar-refractivity contribution in [3.63, 3.8) is 0 Å². The van der Waals surface area contributed by atoms with E-state index in [0.29, 0.717) is 0 Å². The highest BCUT2D eigenvalue weighted by Gasteiger charge is 2.15. The molecule has 1 N–H and O–H groups in total. The summed E-state index contributed by atoms with van der Waals surface area (Å²) in [6.45, 7) is 0. The van der Waals surface area contributed by atoms with Crippen molar-refractivity contribution in [2.75, 3.05) is 0 Å². The summed E-state index contributed by atoms with van der Waals surface area (Å²) in [4.78, 5) is 3.61. The topological polar surface area (TPSA) is 20.7 Å². The number of nitrogens with zero attached hydrogens (tertiary/aromatic N) is 1. The van der Waals surface area contributed by atoms with E-state index in [1.807, 2.05) is 0 Å². The van der Waals surface area contributed by atoms with Crippen LogP contribution in [0.5, 0.6) is 0 Å². The Bertz CT molecular complexity index is 1750. The molecule has 0 amide bonds. The fourth-order valence-corrected chi connectivity index (χ4v) is 4.91. The SMILES string of the molecule is c1ccc2cc(-n3c4ccccc4c4cc5c(cc43)[nH]c3ccccc35)ccc2c1. The first-order valence-corrected chi connectivity index (χ1v) is 10.3. The maximum absolute atomic E-state index is 3.61. The van der Waals surface area contributed by atoms with Crippen LogP contribution in [0.4, 0.5) is 0 Å². The summed E-state index contributed by atoms with van der Waals surface area (Å²) in [5.41, 5.74) is 6.01. The predicted octanol–water partition coefficient (Wildman–Crippen LogP) is 7.57. The number of hydrogen-bond donors (Lipinski definition) is 1. The molecule has 2 heteroatoms. The molecule has 7 aromatic rings. The van der Waals surface area contributed by atoms with Gasteiger partial charge in [0, 0.05) is 38.3 Å². The average Bonchev–Trinajstić information content (AvgIpc) is 3.32. The van der Waals surface area contributed by atoms with Crippen LogP contribution in [0, 0.1) is 0 Å². The molecule has 140 valence electrons. The molecule has 0 fully saturated rings. The van der Waals surface area contributed by atoms with Crippen LogP contribution in [-0.4, -0.2) is 9.55 Å². The number of rotatable bonds is 1. The Morgan fingerprint density at radius 2 is 1.23 bits per heavy atom. The number of nitrogens with one attached hydrogen (secondary N) is 1. The lowest BCUT2D eigenvalue weighted by molar-refractivity contribution is 1.19. The van der Waals surface area contributed by atoms with Gasteiger partial charge in [0.25, 0.3) is 0 Å². The number of aromatic nitrogens is 2. The molecule has 2 nitrogen and oxygen atoms in total. The van der Waals surface area contributed by atoms with Gasteiger partial charge in [0.2, 0.25) is 0 Å². The lowest BCUT2D eigenvalue weighted by Gasteiger charge is -2.09. The van der Waals surface area contributed by atoms with Crippen LogP contribution in [0.2, 0.25) is 0 Å². The van der Waals surface area contributed by atoms with Gasteiger partial charge in [0.1, 0.15) is 0 Å². The summed E-state index contributed by atoms with van der Waals surface area (Å²) in [5, 5.41) is 7.65. The van der Waals surface area contributed by atoms with Crippen molar-refractivity contribution >= 4 is 54.4 Å². The number of aromatic amines is 1. The number of fused-ring (bicyclic) bond motifs is 7. The molecule has 0 unspecified atom stereocenters. The highest BCUT2D eigenvalue weighted by molar-refractivity contribution is 6.18. The molecule has 0 aliphatic rings. The van der Waals surface area contributed by atoms with Crippen molar-refractivity contribution in [1.82, 2.24) is 9.55 Å². The van der Waals surface area contributed by atoms with E-state index in [0.717, 1.165) is 0 Å². The fraction of sp³-hybridized carbons (Fsp3) is 0. The molecule has 0 aliphatic heterocycles. The van der Waals surface area contributed by atoms with Crippen LogP contribution in [0.3, 0.4) is 0 Å². The van der Waals surface area contributed by atoms with E-state index in [-0.39, 0.29) is 0 Å². The van der Waals surface area contributed by atoms with E-state index in [9.17, 15) is 0 Å². The van der Waals surface area contributed by atoms with Gasteiger partial charge in [-0.1, -0.05) is 66.7 Å². The second-order valence-electron chi connectivity index (χ2n) is 7.97. The maximum atomic E-state index is 3.61. The van der Waals surface area contributed by atoms with E-state index < -0.39 is 0 Å². The van der Waals surface area contributed by atoms with Gasteiger partial charge in [-0.2, -0.15) is 0 Å². The van der Waals surface area contributed by atoms with E-state index in [1.54, 1.807) is 0 Å². The number of para-hydroxylation sites is 2. The standard InChI is InChI=1S/C28H18N2/c1-2-8-19-15-20(14-13-18(19)7-1)30-27-12-6-4-10-22(27)24-16-23-21-9-3-5-11-25(21)29-26(23)17-28(24)30/h1-17,29H. The van der Waals surface area contributed by atoms with Gasteiger partial charge in [0.15, 0.2) is 0 Å². The van der Waals surface area contributed by atoms with Crippen molar-refractivity contribution in [1.29, 1.82) is 0 Å². The lowest BCUT2D eigenvalue weighted by atomic mass is 10.1. The lowest BCUT2D eigenvalue weighted by Crippen LogP contribution is -1.93. The van der Waals surface area contributed by atoms with Crippen LogP contribution >= 0.6 is 0 Å². The zero-order chi connectivity index (χ0) is 19.7. The smallest absolute Gasteiger partial charge is 0.0562 e. The molecule has 2 aromatic heterocycles. The Balaban J connectivity index is 1.65. The molecular weight excluding hydrogens is 364 g/mol. The fourth-order valence-electron chi connectivity index (χ4n) is 4.91. The summed E-state index contributed by atoms with van der Waals surface area (Å²) in [5.74, 6) is 0. The highest BCUT2D eigenvalue weighted by atomic mass is 15.0. The summed E-state index contributed by atoms with van der Waals surface area (Å²) in [7, 11) is 0. The minimum atomic E-state index is 1.17. The molecule has 0 saturated heterocycles.